The Balaban J connectivity index is 1.57. The van der Waals surface area contributed by atoms with Gasteiger partial charge in [0.25, 0.3) is 5.91 Å². The second kappa shape index (κ2) is 9.32. The monoisotopic (exact) mass is 530 g/mol. The van der Waals surface area contributed by atoms with E-state index in [-0.39, 0.29) is 17.5 Å². The third-order valence-electron chi connectivity index (χ3n) is 5.73. The molecule has 0 N–H and O–H groups in total. The third kappa shape index (κ3) is 4.69. The van der Waals surface area contributed by atoms with Gasteiger partial charge in [-0.1, -0.05) is 18.2 Å². The Morgan fingerprint density at radius 2 is 1.34 bits per heavy atom. The summed E-state index contributed by atoms with van der Waals surface area (Å²) < 4.78 is 79.7. The Hall–Kier alpha value is -4.68. The minimum Gasteiger partial charge on any atom is -0.303 e. The Labute approximate surface area is 211 Å². The zero-order valence-electron chi connectivity index (χ0n) is 19.1. The Bertz CT molecular complexity index is 1460. The van der Waals surface area contributed by atoms with Crippen LogP contribution in [0, 0.1) is 0 Å². The molecule has 0 spiro atoms. The normalized spacial score (nSPS) is 15.8. The molecule has 3 aromatic heterocycles. The standard InChI is InChI=1S/C25H16F6N6O/c26-24(27,28)17-6-8-19(33-14-17)35-11-10-32-21(35)22-36(20-9-7-18(15-34-20)25(29,30)31)12-13-37(22)23(38)16-4-2-1-3-5-16/h1-15,22H/t22-/m0/s1. The summed E-state index contributed by atoms with van der Waals surface area (Å²) in [6.07, 6.45) is -3.16. The van der Waals surface area contributed by atoms with Gasteiger partial charge in [0.2, 0.25) is 0 Å². The summed E-state index contributed by atoms with van der Waals surface area (Å²) in [5.74, 6) is -0.119. The van der Waals surface area contributed by atoms with Gasteiger partial charge in [-0.3, -0.25) is 14.3 Å². The van der Waals surface area contributed by atoms with E-state index in [4.69, 9.17) is 0 Å². The number of hydrogen-bond donors (Lipinski definition) is 0. The van der Waals surface area contributed by atoms with E-state index < -0.39 is 35.6 Å². The smallest absolute Gasteiger partial charge is 0.303 e. The molecular weight excluding hydrogens is 514 g/mol. The number of aromatic nitrogens is 4. The fourth-order valence-electron chi connectivity index (χ4n) is 3.90. The van der Waals surface area contributed by atoms with Crippen LogP contribution in [0.15, 0.2) is 91.8 Å². The topological polar surface area (TPSA) is 67.2 Å². The number of halogens is 6. The van der Waals surface area contributed by atoms with Gasteiger partial charge in [0.15, 0.2) is 12.0 Å². The maximum atomic E-state index is 13.4. The fourth-order valence-corrected chi connectivity index (χ4v) is 3.90. The number of carbonyl (C=O) groups is 1. The maximum absolute atomic E-state index is 13.4. The fraction of sp³-hybridized carbons (Fsp3) is 0.120. The van der Waals surface area contributed by atoms with Gasteiger partial charge in [-0.15, -0.1) is 0 Å². The molecule has 0 fully saturated rings. The minimum absolute atomic E-state index is 0.0811. The number of imidazole rings is 1. The average Bonchev–Trinajstić information content (AvgIpc) is 3.55. The van der Waals surface area contributed by atoms with E-state index in [1.165, 1.54) is 39.2 Å². The molecule has 1 aromatic carbocycles. The highest BCUT2D eigenvalue weighted by Gasteiger charge is 2.38. The van der Waals surface area contributed by atoms with Gasteiger partial charge >= 0.3 is 12.4 Å². The van der Waals surface area contributed by atoms with Crippen LogP contribution in [0.3, 0.4) is 0 Å². The van der Waals surface area contributed by atoms with Crippen molar-refractivity contribution in [1.29, 1.82) is 0 Å². The van der Waals surface area contributed by atoms with Crippen molar-refractivity contribution in [2.24, 2.45) is 0 Å². The van der Waals surface area contributed by atoms with Crippen LogP contribution >= 0.6 is 0 Å². The lowest BCUT2D eigenvalue weighted by atomic mass is 10.2. The van der Waals surface area contributed by atoms with Crippen LogP contribution in [0.1, 0.15) is 33.5 Å². The van der Waals surface area contributed by atoms with Crippen LogP contribution in [0.2, 0.25) is 0 Å². The highest BCUT2D eigenvalue weighted by molar-refractivity contribution is 5.95. The zero-order chi connectivity index (χ0) is 27.1. The Kier molecular flexibility index (Phi) is 6.13. The summed E-state index contributed by atoms with van der Waals surface area (Å²) in [5.41, 5.74) is -1.56. The predicted octanol–water partition coefficient (Wildman–Crippen LogP) is 5.83. The lowest BCUT2D eigenvalue weighted by Crippen LogP contribution is -2.37. The van der Waals surface area contributed by atoms with Crippen molar-refractivity contribution < 1.29 is 31.1 Å². The molecule has 0 aliphatic carbocycles. The molecule has 7 nitrogen and oxygen atoms in total. The number of hydrogen-bond acceptors (Lipinski definition) is 5. The van der Waals surface area contributed by atoms with Crippen LogP contribution in [-0.2, 0) is 12.4 Å². The molecule has 4 aromatic rings. The zero-order valence-corrected chi connectivity index (χ0v) is 19.1. The number of pyridine rings is 2. The quantitative estimate of drug-likeness (QED) is 0.311. The first-order valence-corrected chi connectivity index (χ1v) is 11.0. The minimum atomic E-state index is -4.59. The molecule has 0 unspecified atom stereocenters. The first kappa shape index (κ1) is 25.0. The summed E-state index contributed by atoms with van der Waals surface area (Å²) in [7, 11) is 0. The second-order valence-electron chi connectivity index (χ2n) is 8.12. The van der Waals surface area contributed by atoms with Gasteiger partial charge in [0.1, 0.15) is 11.6 Å². The second-order valence-corrected chi connectivity index (χ2v) is 8.12. The summed E-state index contributed by atoms with van der Waals surface area (Å²) in [5, 5.41) is 0. The number of amides is 1. The molecule has 38 heavy (non-hydrogen) atoms. The van der Waals surface area contributed by atoms with Crippen LogP contribution in [-0.4, -0.2) is 30.3 Å². The first-order valence-electron chi connectivity index (χ1n) is 11.0. The number of carbonyl (C=O) groups excluding carboxylic acids is 1. The first-order chi connectivity index (χ1) is 18.0. The van der Waals surface area contributed by atoms with Gasteiger partial charge in [-0.05, 0) is 36.4 Å². The van der Waals surface area contributed by atoms with E-state index in [0.29, 0.717) is 18.0 Å². The maximum Gasteiger partial charge on any atom is 0.417 e. The van der Waals surface area contributed by atoms with Gasteiger partial charge in [0, 0.05) is 42.8 Å². The lowest BCUT2D eigenvalue weighted by Gasteiger charge is -2.31. The largest absolute Gasteiger partial charge is 0.417 e. The highest BCUT2D eigenvalue weighted by atomic mass is 19.4. The Morgan fingerprint density at radius 1 is 0.737 bits per heavy atom. The number of rotatable bonds is 4. The van der Waals surface area contributed by atoms with Crippen LogP contribution < -0.4 is 4.90 Å². The van der Waals surface area contributed by atoms with Crippen molar-refractivity contribution in [2.75, 3.05) is 4.90 Å². The van der Waals surface area contributed by atoms with Crippen molar-refractivity contribution in [2.45, 2.75) is 18.5 Å². The van der Waals surface area contributed by atoms with Crippen molar-refractivity contribution in [1.82, 2.24) is 24.4 Å². The Morgan fingerprint density at radius 3 is 1.89 bits per heavy atom. The molecule has 1 atom stereocenters. The number of alkyl halides is 6. The molecule has 0 radical (unpaired) electrons. The van der Waals surface area contributed by atoms with Gasteiger partial charge < -0.3 is 4.90 Å². The van der Waals surface area contributed by atoms with Crippen LogP contribution in [0.4, 0.5) is 32.2 Å². The molecule has 1 aliphatic rings. The van der Waals surface area contributed by atoms with E-state index in [9.17, 15) is 31.1 Å². The van der Waals surface area contributed by atoms with E-state index in [1.54, 1.807) is 30.3 Å². The molecule has 194 valence electrons. The molecule has 4 heterocycles. The van der Waals surface area contributed by atoms with E-state index >= 15 is 0 Å². The van der Waals surface area contributed by atoms with Gasteiger partial charge in [-0.25, -0.2) is 15.0 Å². The van der Waals surface area contributed by atoms with Crippen molar-refractivity contribution >= 4 is 11.7 Å². The molecular formula is C25H16F6N6O. The molecule has 5 rings (SSSR count). The van der Waals surface area contributed by atoms with Gasteiger partial charge in [0.05, 0.1) is 11.1 Å². The number of benzene rings is 1. The number of anilines is 1. The molecule has 0 bridgehead atoms. The van der Waals surface area contributed by atoms with E-state index in [2.05, 4.69) is 15.0 Å². The lowest BCUT2D eigenvalue weighted by molar-refractivity contribution is -0.138. The summed E-state index contributed by atoms with van der Waals surface area (Å²) in [6.45, 7) is 0. The summed E-state index contributed by atoms with van der Waals surface area (Å²) >= 11 is 0. The van der Waals surface area contributed by atoms with Crippen molar-refractivity contribution in [3.63, 3.8) is 0 Å². The summed E-state index contributed by atoms with van der Waals surface area (Å²) in [6, 6.07) is 12.3. The SMILES string of the molecule is O=C(c1ccccc1)N1C=CN(c2ccc(C(F)(F)F)cn2)[C@@H]1c1nccn1-c1ccc(C(F)(F)F)cn1. The van der Waals surface area contributed by atoms with E-state index in [1.807, 2.05) is 0 Å². The average molecular weight is 530 g/mol. The predicted molar refractivity (Wildman–Crippen MR) is 123 cm³/mol. The number of nitrogens with zero attached hydrogens (tertiary/aromatic N) is 6. The van der Waals surface area contributed by atoms with Crippen molar-refractivity contribution in [3.05, 3.63) is 114 Å². The van der Waals surface area contributed by atoms with Crippen LogP contribution in [0.5, 0.6) is 0 Å². The summed E-state index contributed by atoms with van der Waals surface area (Å²) in [4.78, 5) is 28.3. The van der Waals surface area contributed by atoms with Gasteiger partial charge in [-0.2, -0.15) is 26.3 Å². The third-order valence-corrected chi connectivity index (χ3v) is 5.73. The molecule has 1 aliphatic heterocycles. The van der Waals surface area contributed by atoms with Crippen LogP contribution in [0.25, 0.3) is 5.82 Å². The van der Waals surface area contributed by atoms with Crippen molar-refractivity contribution in [3.8, 4) is 5.82 Å². The molecule has 1 amide bonds. The highest BCUT2D eigenvalue weighted by Crippen LogP contribution is 2.37. The molecule has 0 saturated heterocycles. The van der Waals surface area contributed by atoms with E-state index in [0.717, 1.165) is 24.3 Å². The molecule has 13 heteroatoms. The molecule has 0 saturated carbocycles.